The first kappa shape index (κ1) is 37.3. The molecule has 2 aromatic rings. The van der Waals surface area contributed by atoms with E-state index in [4.69, 9.17) is 33.9 Å². The third-order valence-electron chi connectivity index (χ3n) is 9.28. The van der Waals surface area contributed by atoms with Crippen LogP contribution in [0, 0.1) is 34.5 Å². The van der Waals surface area contributed by atoms with Gasteiger partial charge in [-0.2, -0.15) is 10.5 Å². The maximum atomic E-state index is 13.3. The number of esters is 2. The van der Waals surface area contributed by atoms with Crippen molar-refractivity contribution in [2.45, 2.75) is 23.9 Å². The van der Waals surface area contributed by atoms with Crippen LogP contribution >= 0.6 is 24.4 Å². The van der Waals surface area contributed by atoms with Gasteiger partial charge in [0, 0.05) is 61.5 Å². The zero-order chi connectivity index (χ0) is 37.8. The maximum absolute atomic E-state index is 13.3. The van der Waals surface area contributed by atoms with Crippen LogP contribution < -0.4 is 31.1 Å². The van der Waals surface area contributed by atoms with Crippen LogP contribution in [0.3, 0.4) is 0 Å². The number of carbonyl (C=O) groups is 6. The summed E-state index contributed by atoms with van der Waals surface area (Å²) in [7, 11) is 2.19. The highest BCUT2D eigenvalue weighted by Crippen LogP contribution is 2.31. The largest absolute Gasteiger partial charge is 0.467 e. The predicted octanol–water partition coefficient (Wildman–Crippen LogP) is 0.271. The average Bonchev–Trinajstić information content (AvgIpc) is 3.13. The van der Waals surface area contributed by atoms with E-state index < -0.39 is 71.1 Å². The van der Waals surface area contributed by atoms with Crippen molar-refractivity contribution in [1.82, 2.24) is 21.3 Å². The topological polar surface area (TPSA) is 223 Å². The van der Waals surface area contributed by atoms with Gasteiger partial charge in [0.25, 0.3) is 0 Å². The number of nitriles is 2. The Kier molecular flexibility index (Phi) is 10.8. The van der Waals surface area contributed by atoms with Crippen molar-refractivity contribution >= 4 is 81.4 Å². The summed E-state index contributed by atoms with van der Waals surface area (Å²) in [5.41, 5.74) is -1.73. The van der Waals surface area contributed by atoms with Crippen LogP contribution in [0.4, 0.5) is 11.4 Å². The predicted molar refractivity (Wildman–Crippen MR) is 191 cm³/mol. The third kappa shape index (κ3) is 6.98. The number of ether oxygens (including phenoxy) is 2. The molecule has 0 aliphatic carbocycles. The molecular formula is C34H32N8O8S2. The Hall–Kier alpha value is -5.98. The summed E-state index contributed by atoms with van der Waals surface area (Å²) in [5, 5.41) is 28.8. The van der Waals surface area contributed by atoms with Gasteiger partial charge in [-0.1, -0.05) is 0 Å². The van der Waals surface area contributed by atoms with Crippen LogP contribution in [-0.4, -0.2) is 97.0 Å². The Morgan fingerprint density at radius 3 is 1.31 bits per heavy atom. The number of piperazine rings is 1. The van der Waals surface area contributed by atoms with Gasteiger partial charge in [0.15, 0.2) is 44.7 Å². The van der Waals surface area contributed by atoms with Crippen LogP contribution in [0.2, 0.25) is 0 Å². The number of amides is 2. The Labute approximate surface area is 308 Å². The minimum atomic E-state index is -1.98. The lowest BCUT2D eigenvalue weighted by Gasteiger charge is -2.39. The highest BCUT2D eigenvalue weighted by Gasteiger charge is 2.57. The van der Waals surface area contributed by atoms with Crippen LogP contribution in [0.25, 0.3) is 0 Å². The number of carbonyl (C=O) groups excluding carboxylic acids is 6. The van der Waals surface area contributed by atoms with E-state index in [1.54, 1.807) is 60.7 Å². The first-order chi connectivity index (χ1) is 24.8. The Morgan fingerprint density at radius 1 is 0.692 bits per heavy atom. The molecule has 52 heavy (non-hydrogen) atoms. The van der Waals surface area contributed by atoms with Gasteiger partial charge in [-0.05, 0) is 73.0 Å². The number of nitrogens with zero attached hydrogens (tertiary/aromatic N) is 4. The van der Waals surface area contributed by atoms with Crippen molar-refractivity contribution in [3.63, 3.8) is 0 Å². The van der Waals surface area contributed by atoms with Gasteiger partial charge in [-0.15, -0.1) is 0 Å². The number of rotatable bonds is 10. The smallest absolute Gasteiger partial charge is 0.334 e. The van der Waals surface area contributed by atoms with Gasteiger partial charge in [-0.3, -0.25) is 19.2 Å². The second-order valence-corrected chi connectivity index (χ2v) is 13.0. The molecule has 5 rings (SSSR count). The molecule has 0 saturated carbocycles. The number of methoxy groups -OCH3 is 2. The number of benzene rings is 2. The Bertz CT molecular complexity index is 1800. The third-order valence-corrected chi connectivity index (χ3v) is 9.69. The molecule has 4 unspecified atom stereocenters. The Balaban J connectivity index is 1.21. The van der Waals surface area contributed by atoms with Crippen LogP contribution in [0.5, 0.6) is 0 Å². The zero-order valence-corrected chi connectivity index (χ0v) is 29.5. The molecule has 0 spiro atoms. The van der Waals surface area contributed by atoms with E-state index in [0.29, 0.717) is 26.2 Å². The molecule has 4 N–H and O–H groups in total. The summed E-state index contributed by atoms with van der Waals surface area (Å²) in [6.45, 7) is 2.52. The molecule has 3 heterocycles. The van der Waals surface area contributed by atoms with Gasteiger partial charge in [-0.25, -0.2) is 9.59 Å². The molecule has 4 atom stereocenters. The zero-order valence-electron chi connectivity index (χ0n) is 27.9. The monoisotopic (exact) mass is 744 g/mol. The van der Waals surface area contributed by atoms with Gasteiger partial charge in [0.05, 0.1) is 26.4 Å². The van der Waals surface area contributed by atoms with Gasteiger partial charge >= 0.3 is 11.9 Å². The van der Waals surface area contributed by atoms with Crippen molar-refractivity contribution in [3.05, 3.63) is 59.7 Å². The lowest BCUT2D eigenvalue weighted by Crippen LogP contribution is -2.70. The quantitative estimate of drug-likeness (QED) is 0.146. The van der Waals surface area contributed by atoms with Crippen LogP contribution in [0.1, 0.15) is 33.6 Å². The van der Waals surface area contributed by atoms with Gasteiger partial charge < -0.3 is 40.5 Å². The number of thiocarbonyl (C=S) groups is 2. The number of hydrogen-bond donors (Lipinski definition) is 4. The molecule has 268 valence electrons. The molecule has 0 aromatic heterocycles. The molecular weight excluding hydrogens is 713 g/mol. The molecule has 3 aliphatic rings. The minimum Gasteiger partial charge on any atom is -0.467 e. The summed E-state index contributed by atoms with van der Waals surface area (Å²) in [5.74, 6) is -7.63. The first-order valence-corrected chi connectivity index (χ1v) is 16.6. The number of ketones is 2. The van der Waals surface area contributed by atoms with E-state index in [0.717, 1.165) is 25.6 Å². The maximum Gasteiger partial charge on any atom is 0.334 e. The summed E-state index contributed by atoms with van der Waals surface area (Å²) in [6.07, 6.45) is -1.08. The van der Waals surface area contributed by atoms with E-state index in [1.165, 1.54) is 0 Å². The number of nitrogens with one attached hydrogen (secondary N) is 4. The molecule has 0 bridgehead atoms. The van der Waals surface area contributed by atoms with Crippen molar-refractivity contribution in [2.24, 2.45) is 11.8 Å². The Morgan fingerprint density at radius 2 is 1.02 bits per heavy atom. The fourth-order valence-electron chi connectivity index (χ4n) is 6.55. The standard InChI is InChI=1S/C34H32N8O8S2/c1-49-29(47)33(23(17-35)27(45)37-31(51)39-33)15-25(43)19-3-7-21(8-4-19)41-11-13-42(14-12-41)22-9-5-20(6-10-22)26(44)16-34(30(48)50-2)24(18-36)28(46)38-32(52)40-34/h3-10,23-24H,11-16H2,1-2H3,(H2,37,39,45,51)(H2,38,40,46,52). The van der Waals surface area contributed by atoms with E-state index in [-0.39, 0.29) is 21.4 Å². The fraction of sp³-hybridized carbons (Fsp3) is 0.353. The van der Waals surface area contributed by atoms with Crippen molar-refractivity contribution < 1.29 is 38.2 Å². The molecule has 18 heteroatoms. The van der Waals surface area contributed by atoms with E-state index in [9.17, 15) is 39.3 Å². The first-order valence-electron chi connectivity index (χ1n) is 15.8. The van der Waals surface area contributed by atoms with Crippen molar-refractivity contribution in [3.8, 4) is 12.1 Å². The fourth-order valence-corrected chi connectivity index (χ4v) is 7.12. The molecule has 2 amide bonds. The van der Waals surface area contributed by atoms with Gasteiger partial charge in [0.1, 0.15) is 0 Å². The number of hydrogen-bond acceptors (Lipinski definition) is 14. The van der Waals surface area contributed by atoms with E-state index in [2.05, 4.69) is 31.1 Å². The highest BCUT2D eigenvalue weighted by atomic mass is 32.1. The lowest BCUT2D eigenvalue weighted by atomic mass is 9.77. The molecule has 3 fully saturated rings. The second kappa shape index (κ2) is 15.1. The SMILES string of the molecule is COC(=O)C1(CC(=O)c2ccc(N3CCN(c4ccc(C(=O)CC5(C(=O)OC)NC(=S)NC(=O)C5C#N)cc4)CC3)cc2)NC(=S)NC(=O)C1C#N. The molecule has 3 aliphatic heterocycles. The van der Waals surface area contributed by atoms with E-state index >= 15 is 0 Å². The molecule has 16 nitrogen and oxygen atoms in total. The minimum absolute atomic E-state index is 0.189. The molecule has 2 aromatic carbocycles. The van der Waals surface area contributed by atoms with Crippen molar-refractivity contribution in [1.29, 1.82) is 10.5 Å². The summed E-state index contributed by atoms with van der Waals surface area (Å²) < 4.78 is 9.72. The highest BCUT2D eigenvalue weighted by molar-refractivity contribution is 7.80. The molecule has 0 radical (unpaired) electrons. The lowest BCUT2D eigenvalue weighted by molar-refractivity contribution is -0.153. The summed E-state index contributed by atoms with van der Waals surface area (Å²) >= 11 is 10.1. The average molecular weight is 745 g/mol. The number of Topliss-reactive ketones (excluding diaryl/α,β-unsaturated/α-hetero) is 2. The molecule has 3 saturated heterocycles. The normalized spacial score (nSPS) is 24.2. The number of anilines is 2. The van der Waals surface area contributed by atoms with Crippen LogP contribution in [0.15, 0.2) is 48.5 Å². The van der Waals surface area contributed by atoms with E-state index in [1.807, 2.05) is 0 Å². The second-order valence-electron chi connectivity index (χ2n) is 12.2. The summed E-state index contributed by atoms with van der Waals surface area (Å²) in [6, 6.07) is 17.1. The summed E-state index contributed by atoms with van der Waals surface area (Å²) in [4.78, 5) is 81.5. The van der Waals surface area contributed by atoms with Gasteiger partial charge in [0.2, 0.25) is 11.8 Å². The van der Waals surface area contributed by atoms with Crippen molar-refractivity contribution in [2.75, 3.05) is 50.2 Å². The van der Waals surface area contributed by atoms with Crippen LogP contribution in [-0.2, 0) is 28.7 Å².